The van der Waals surface area contributed by atoms with Crippen LogP contribution in [0.2, 0.25) is 0 Å². The molecule has 0 N–H and O–H groups in total. The Labute approximate surface area is 195 Å². The van der Waals surface area contributed by atoms with Gasteiger partial charge < -0.3 is 9.80 Å². The van der Waals surface area contributed by atoms with Crippen molar-refractivity contribution in [2.24, 2.45) is 5.92 Å². The molecule has 0 spiro atoms. The minimum atomic E-state index is -0.00577. The Balaban J connectivity index is 1.57. The van der Waals surface area contributed by atoms with Gasteiger partial charge in [-0.05, 0) is 56.9 Å². The molecular weight excluding hydrogens is 412 g/mol. The van der Waals surface area contributed by atoms with Crippen molar-refractivity contribution in [2.75, 3.05) is 9.80 Å². The Morgan fingerprint density at radius 3 is 2.28 bits per heavy atom. The number of carbonyl (C=O) groups excluding carboxylic acids is 1. The fourth-order valence-corrected chi connectivity index (χ4v) is 5.16. The van der Waals surface area contributed by atoms with Crippen LogP contribution in [0.3, 0.4) is 0 Å². The first kappa shape index (κ1) is 20.9. The van der Waals surface area contributed by atoms with Gasteiger partial charge in [0.25, 0.3) is 0 Å². The van der Waals surface area contributed by atoms with E-state index in [1.165, 1.54) is 5.56 Å². The number of nitrogens with zero attached hydrogens (tertiary/aromatic N) is 2. The van der Waals surface area contributed by atoms with Gasteiger partial charge in [0.2, 0.25) is 5.91 Å². The molecule has 4 heteroatoms. The van der Waals surface area contributed by atoms with Crippen molar-refractivity contribution in [1.82, 2.24) is 0 Å². The summed E-state index contributed by atoms with van der Waals surface area (Å²) in [6.07, 6.45) is 2.82. The van der Waals surface area contributed by atoms with Crippen LogP contribution in [0.1, 0.15) is 48.9 Å². The fourth-order valence-electron chi connectivity index (χ4n) is 4.75. The Kier molecular flexibility index (Phi) is 5.56. The first-order valence-electron chi connectivity index (χ1n) is 11.4. The average molecular weight is 441 g/mol. The van der Waals surface area contributed by atoms with Gasteiger partial charge in [0, 0.05) is 28.9 Å². The molecule has 1 aliphatic carbocycles. The lowest BCUT2D eigenvalue weighted by Gasteiger charge is -2.44. The molecule has 162 valence electrons. The molecule has 2 aliphatic rings. The number of rotatable bonds is 4. The lowest BCUT2D eigenvalue weighted by Crippen LogP contribution is -2.47. The zero-order chi connectivity index (χ0) is 22.2. The van der Waals surface area contributed by atoms with E-state index in [4.69, 9.17) is 12.2 Å². The number of thiocarbonyl (C=S) groups is 1. The number of amides is 1. The van der Waals surface area contributed by atoms with Gasteiger partial charge in [0.15, 0.2) is 0 Å². The summed E-state index contributed by atoms with van der Waals surface area (Å²) in [5.41, 5.74) is 5.52. The van der Waals surface area contributed by atoms with E-state index in [9.17, 15) is 4.79 Å². The van der Waals surface area contributed by atoms with Crippen LogP contribution in [0.25, 0.3) is 0 Å². The minimum absolute atomic E-state index is 0.00577. The second kappa shape index (κ2) is 8.51. The maximum Gasteiger partial charge on any atom is 0.230 e. The molecule has 2 atom stereocenters. The summed E-state index contributed by atoms with van der Waals surface area (Å²) in [4.78, 5) is 18.6. The van der Waals surface area contributed by atoms with Gasteiger partial charge in [-0.25, -0.2) is 0 Å². The standard InChI is InChI=1S/C28H28N2OS/c1-19-12-14-22(15-13-19)28(32)29-20(2)18-26(24-10-6-7-11-25(24)29)30(27(31)21-16-17-21)23-8-4-3-5-9-23/h3-15,20-21,26H,16-18H2,1-2H3/t20-,26+/m0/s1. The third-order valence-corrected chi connectivity index (χ3v) is 7.02. The summed E-state index contributed by atoms with van der Waals surface area (Å²) in [6, 6.07) is 27.2. The number of fused-ring (bicyclic) bond motifs is 1. The van der Waals surface area contributed by atoms with Crippen molar-refractivity contribution in [2.45, 2.75) is 45.2 Å². The summed E-state index contributed by atoms with van der Waals surface area (Å²) in [6.45, 7) is 4.31. The van der Waals surface area contributed by atoms with E-state index < -0.39 is 0 Å². The van der Waals surface area contributed by atoms with Crippen LogP contribution in [0.4, 0.5) is 11.4 Å². The first-order chi connectivity index (χ1) is 15.5. The van der Waals surface area contributed by atoms with Crippen LogP contribution in [0.5, 0.6) is 0 Å². The monoisotopic (exact) mass is 440 g/mol. The first-order valence-corrected chi connectivity index (χ1v) is 11.8. The molecule has 3 nitrogen and oxygen atoms in total. The minimum Gasteiger partial charge on any atom is -0.329 e. The van der Waals surface area contributed by atoms with Gasteiger partial charge >= 0.3 is 0 Å². The zero-order valence-electron chi connectivity index (χ0n) is 18.6. The predicted molar refractivity (Wildman–Crippen MR) is 135 cm³/mol. The fraction of sp³-hybridized carbons (Fsp3) is 0.286. The second-order valence-electron chi connectivity index (χ2n) is 9.02. The number of hydrogen-bond acceptors (Lipinski definition) is 2. The quantitative estimate of drug-likeness (QED) is 0.435. The van der Waals surface area contributed by atoms with Gasteiger partial charge in [-0.2, -0.15) is 0 Å². The maximum absolute atomic E-state index is 13.5. The third-order valence-electron chi connectivity index (χ3n) is 6.59. The van der Waals surface area contributed by atoms with Gasteiger partial charge in [-0.3, -0.25) is 4.79 Å². The molecule has 0 aromatic heterocycles. The molecule has 1 aliphatic heterocycles. The molecule has 0 saturated heterocycles. The van der Waals surface area contributed by atoms with E-state index in [-0.39, 0.29) is 23.9 Å². The second-order valence-corrected chi connectivity index (χ2v) is 9.41. The summed E-state index contributed by atoms with van der Waals surface area (Å²) >= 11 is 5.98. The normalized spacial score (nSPS) is 19.9. The van der Waals surface area contributed by atoms with Crippen LogP contribution >= 0.6 is 12.2 Å². The van der Waals surface area contributed by atoms with Crippen LogP contribution < -0.4 is 9.80 Å². The predicted octanol–water partition coefficient (Wildman–Crippen LogP) is 6.45. The molecule has 5 rings (SSSR count). The van der Waals surface area contributed by atoms with E-state index >= 15 is 0 Å². The molecule has 0 unspecified atom stereocenters. The van der Waals surface area contributed by atoms with Crippen molar-refractivity contribution < 1.29 is 4.79 Å². The van der Waals surface area contributed by atoms with E-state index in [0.29, 0.717) is 0 Å². The highest BCUT2D eigenvalue weighted by atomic mass is 32.1. The Morgan fingerprint density at radius 2 is 1.59 bits per heavy atom. The Bertz CT molecular complexity index is 1140. The largest absolute Gasteiger partial charge is 0.329 e. The lowest BCUT2D eigenvalue weighted by molar-refractivity contribution is -0.120. The highest BCUT2D eigenvalue weighted by Gasteiger charge is 2.42. The molecule has 1 saturated carbocycles. The SMILES string of the molecule is Cc1ccc(C(=S)N2c3ccccc3[C@H](N(C(=O)C3CC3)c3ccccc3)C[C@@H]2C)cc1. The highest BCUT2D eigenvalue weighted by Crippen LogP contribution is 2.45. The van der Waals surface area contributed by atoms with Gasteiger partial charge in [0.05, 0.1) is 6.04 Å². The van der Waals surface area contributed by atoms with E-state index in [0.717, 1.165) is 46.8 Å². The lowest BCUT2D eigenvalue weighted by atomic mass is 9.89. The maximum atomic E-state index is 13.5. The molecule has 1 heterocycles. The molecule has 1 fully saturated rings. The number of hydrogen-bond donors (Lipinski definition) is 0. The molecule has 3 aromatic rings. The average Bonchev–Trinajstić information content (AvgIpc) is 3.66. The molecule has 0 bridgehead atoms. The van der Waals surface area contributed by atoms with E-state index in [2.05, 4.69) is 84.3 Å². The van der Waals surface area contributed by atoms with Crippen LogP contribution in [-0.4, -0.2) is 16.9 Å². The van der Waals surface area contributed by atoms with Crippen molar-refractivity contribution >= 4 is 34.5 Å². The number of carbonyl (C=O) groups is 1. The highest BCUT2D eigenvalue weighted by molar-refractivity contribution is 7.81. The van der Waals surface area contributed by atoms with Gasteiger partial charge in [-0.1, -0.05) is 78.4 Å². The number of anilines is 2. The van der Waals surface area contributed by atoms with Crippen molar-refractivity contribution in [3.8, 4) is 0 Å². The Hall–Kier alpha value is -2.98. The van der Waals surface area contributed by atoms with Crippen LogP contribution in [-0.2, 0) is 4.79 Å². The smallest absolute Gasteiger partial charge is 0.230 e. The van der Waals surface area contributed by atoms with Crippen LogP contribution in [0.15, 0.2) is 78.9 Å². The van der Waals surface area contributed by atoms with Crippen molar-refractivity contribution in [1.29, 1.82) is 0 Å². The van der Waals surface area contributed by atoms with Gasteiger partial charge in [0.1, 0.15) is 4.99 Å². The topological polar surface area (TPSA) is 23.6 Å². The summed E-state index contributed by atoms with van der Waals surface area (Å²) in [7, 11) is 0. The molecule has 32 heavy (non-hydrogen) atoms. The number of benzene rings is 3. The summed E-state index contributed by atoms with van der Waals surface area (Å²) in [5.74, 6) is 0.405. The molecule has 1 amide bonds. The number of aryl methyl sites for hydroxylation is 1. The van der Waals surface area contributed by atoms with Crippen LogP contribution in [0, 0.1) is 12.8 Å². The molecular formula is C28H28N2OS. The number of para-hydroxylation sites is 2. The van der Waals surface area contributed by atoms with E-state index in [1.807, 2.05) is 18.2 Å². The Morgan fingerprint density at radius 1 is 0.938 bits per heavy atom. The third kappa shape index (κ3) is 3.84. The van der Waals surface area contributed by atoms with E-state index in [1.54, 1.807) is 0 Å². The van der Waals surface area contributed by atoms with Crippen molar-refractivity contribution in [3.05, 3.63) is 95.6 Å². The van der Waals surface area contributed by atoms with Crippen molar-refractivity contribution in [3.63, 3.8) is 0 Å². The summed E-state index contributed by atoms with van der Waals surface area (Å²) < 4.78 is 0. The zero-order valence-corrected chi connectivity index (χ0v) is 19.4. The molecule has 0 radical (unpaired) electrons. The van der Waals surface area contributed by atoms with Gasteiger partial charge in [-0.15, -0.1) is 0 Å². The summed E-state index contributed by atoms with van der Waals surface area (Å²) in [5, 5.41) is 0. The molecule has 3 aromatic carbocycles.